The molecule has 0 unspecified atom stereocenters. The summed E-state index contributed by atoms with van der Waals surface area (Å²) in [6, 6.07) is 1.55. The summed E-state index contributed by atoms with van der Waals surface area (Å²) in [7, 11) is -3.51. The van der Waals surface area contributed by atoms with Crippen LogP contribution in [0.1, 0.15) is 32.1 Å². The molecule has 1 N–H and O–H groups in total. The number of sulfonamides is 1. The molecule has 0 aromatic carbocycles. The molecule has 1 aromatic heterocycles. The highest BCUT2D eigenvalue weighted by molar-refractivity contribution is 9.11. The molecule has 1 aliphatic heterocycles. The molecule has 0 bridgehead atoms. The zero-order chi connectivity index (χ0) is 15.8. The van der Waals surface area contributed by atoms with Gasteiger partial charge in [0.1, 0.15) is 4.90 Å². The monoisotopic (exact) mass is 393 g/mol. The van der Waals surface area contributed by atoms with Gasteiger partial charge in [0.25, 0.3) is 0 Å². The van der Waals surface area contributed by atoms with Gasteiger partial charge in [-0.15, -0.1) is 11.3 Å². The number of hydrogen-bond acceptors (Lipinski definition) is 4. The van der Waals surface area contributed by atoms with Gasteiger partial charge < -0.3 is 5.11 Å². The summed E-state index contributed by atoms with van der Waals surface area (Å²) in [5.41, 5.74) is 1.39. The van der Waals surface area contributed by atoms with Crippen molar-refractivity contribution in [1.82, 2.24) is 4.31 Å². The molecule has 1 aromatic rings. The Morgan fingerprint density at radius 3 is 2.52 bits per heavy atom. The van der Waals surface area contributed by atoms with E-state index in [0.29, 0.717) is 21.8 Å². The maximum Gasteiger partial charge on any atom is 0.245 e. The van der Waals surface area contributed by atoms with Crippen molar-refractivity contribution in [2.75, 3.05) is 13.1 Å². The minimum absolute atomic E-state index is 0.0862. The van der Waals surface area contributed by atoms with Gasteiger partial charge in [-0.3, -0.25) is 0 Å². The lowest BCUT2D eigenvalue weighted by molar-refractivity contribution is 0.285. The van der Waals surface area contributed by atoms with Gasteiger partial charge in [-0.2, -0.15) is 4.31 Å². The number of nitrogens with zero attached hydrogens (tertiary/aromatic N) is 1. The van der Waals surface area contributed by atoms with E-state index in [1.165, 1.54) is 21.2 Å². The van der Waals surface area contributed by atoms with Gasteiger partial charge in [0, 0.05) is 18.0 Å². The highest BCUT2D eigenvalue weighted by Gasteiger charge is 2.31. The van der Waals surface area contributed by atoms with Gasteiger partial charge in [0.05, 0.1) is 10.4 Å². The van der Waals surface area contributed by atoms with Crippen LogP contribution in [0.4, 0.5) is 0 Å². The SMILES string of the molecule is CC(C)(C)C1=CCN(S(=O)(=O)c2cc(CO)sc2Br)CC1. The van der Waals surface area contributed by atoms with Crippen LogP contribution in [0.5, 0.6) is 0 Å². The minimum atomic E-state index is -3.51. The zero-order valence-corrected chi connectivity index (χ0v) is 15.6. The van der Waals surface area contributed by atoms with Gasteiger partial charge in [-0.25, -0.2) is 8.42 Å². The van der Waals surface area contributed by atoms with Crippen molar-refractivity contribution in [2.24, 2.45) is 5.41 Å². The number of halogens is 1. The van der Waals surface area contributed by atoms with Gasteiger partial charge in [0.2, 0.25) is 10.0 Å². The fourth-order valence-electron chi connectivity index (χ4n) is 2.34. The predicted molar refractivity (Wildman–Crippen MR) is 88.9 cm³/mol. The maximum absolute atomic E-state index is 12.7. The average Bonchev–Trinajstić information content (AvgIpc) is 2.80. The molecule has 0 saturated carbocycles. The van der Waals surface area contributed by atoms with Crippen LogP contribution in [0.25, 0.3) is 0 Å². The number of rotatable bonds is 3. The highest BCUT2D eigenvalue weighted by Crippen LogP contribution is 2.36. The molecule has 4 nitrogen and oxygen atoms in total. The molecule has 0 atom stereocenters. The van der Waals surface area contributed by atoms with E-state index in [0.717, 1.165) is 6.42 Å². The van der Waals surface area contributed by atoms with Crippen LogP contribution in [0.3, 0.4) is 0 Å². The summed E-state index contributed by atoms with van der Waals surface area (Å²) in [5, 5.41) is 9.15. The van der Waals surface area contributed by atoms with Crippen molar-refractivity contribution in [2.45, 2.75) is 38.7 Å². The fraction of sp³-hybridized carbons (Fsp3) is 0.571. The topological polar surface area (TPSA) is 57.6 Å². The summed E-state index contributed by atoms with van der Waals surface area (Å²) in [6.45, 7) is 7.20. The highest BCUT2D eigenvalue weighted by atomic mass is 79.9. The van der Waals surface area contributed by atoms with Crippen LogP contribution in [0.2, 0.25) is 0 Å². The molecule has 0 radical (unpaired) electrons. The smallest absolute Gasteiger partial charge is 0.245 e. The standard InChI is InChI=1S/C14H20BrNO3S2/c1-14(2,3)10-4-6-16(7-5-10)21(18,19)12-8-11(9-17)20-13(12)15/h4,8,17H,5-7,9H2,1-3H3. The van der Waals surface area contributed by atoms with Crippen molar-refractivity contribution in [1.29, 1.82) is 0 Å². The van der Waals surface area contributed by atoms with Crippen LogP contribution in [0.15, 0.2) is 26.4 Å². The number of thiophene rings is 1. The Bertz CT molecular complexity index is 656. The summed E-state index contributed by atoms with van der Waals surface area (Å²) < 4.78 is 27.4. The van der Waals surface area contributed by atoms with Crippen LogP contribution < -0.4 is 0 Å². The summed E-state index contributed by atoms with van der Waals surface area (Å²) in [5.74, 6) is 0. The van der Waals surface area contributed by atoms with Gasteiger partial charge >= 0.3 is 0 Å². The molecule has 2 rings (SSSR count). The number of hydrogen-bond donors (Lipinski definition) is 1. The van der Waals surface area contributed by atoms with E-state index in [4.69, 9.17) is 5.11 Å². The Balaban J connectivity index is 2.26. The first-order valence-electron chi connectivity index (χ1n) is 6.75. The second-order valence-corrected chi connectivity index (χ2v) is 10.5. The fourth-order valence-corrected chi connectivity index (χ4v) is 6.21. The Kier molecular flexibility index (Phi) is 5.00. The first-order chi connectivity index (χ1) is 9.66. The molecular weight excluding hydrogens is 374 g/mol. The lowest BCUT2D eigenvalue weighted by Crippen LogP contribution is -2.36. The number of aliphatic hydroxyl groups excluding tert-OH is 1. The van der Waals surface area contributed by atoms with Crippen molar-refractivity contribution in [3.63, 3.8) is 0 Å². The Morgan fingerprint density at radius 2 is 2.10 bits per heavy atom. The molecule has 7 heteroatoms. The van der Waals surface area contributed by atoms with Crippen LogP contribution >= 0.6 is 27.3 Å². The van der Waals surface area contributed by atoms with Crippen molar-refractivity contribution < 1.29 is 13.5 Å². The van der Waals surface area contributed by atoms with Gasteiger partial charge in [-0.05, 0) is 33.8 Å². The summed E-state index contributed by atoms with van der Waals surface area (Å²) in [4.78, 5) is 0.896. The largest absolute Gasteiger partial charge is 0.391 e. The normalized spacial score (nSPS) is 17.9. The number of aliphatic hydroxyl groups is 1. The second-order valence-electron chi connectivity index (χ2n) is 6.10. The third-order valence-electron chi connectivity index (χ3n) is 3.62. The predicted octanol–water partition coefficient (Wildman–Crippen LogP) is 3.37. The van der Waals surface area contributed by atoms with Crippen molar-refractivity contribution in [3.8, 4) is 0 Å². The van der Waals surface area contributed by atoms with Crippen molar-refractivity contribution >= 4 is 37.3 Å². The lowest BCUT2D eigenvalue weighted by atomic mass is 9.83. The van der Waals surface area contributed by atoms with E-state index in [2.05, 4.69) is 36.7 Å². The zero-order valence-electron chi connectivity index (χ0n) is 12.4. The van der Waals surface area contributed by atoms with E-state index >= 15 is 0 Å². The van der Waals surface area contributed by atoms with E-state index < -0.39 is 10.0 Å². The summed E-state index contributed by atoms with van der Waals surface area (Å²) >= 11 is 4.55. The third kappa shape index (κ3) is 3.59. The molecule has 0 spiro atoms. The van der Waals surface area contributed by atoms with E-state index in [1.54, 1.807) is 6.07 Å². The van der Waals surface area contributed by atoms with Gasteiger partial charge in [-0.1, -0.05) is 32.4 Å². The van der Waals surface area contributed by atoms with E-state index in [9.17, 15) is 8.42 Å². The minimum Gasteiger partial charge on any atom is -0.391 e. The Labute approximate surface area is 138 Å². The third-order valence-corrected chi connectivity index (χ3v) is 7.72. The second kappa shape index (κ2) is 6.12. The molecule has 0 amide bonds. The van der Waals surface area contributed by atoms with Crippen LogP contribution in [-0.4, -0.2) is 30.9 Å². The first-order valence-corrected chi connectivity index (χ1v) is 9.80. The average molecular weight is 394 g/mol. The van der Waals surface area contributed by atoms with E-state index in [-0.39, 0.29) is 16.9 Å². The molecule has 21 heavy (non-hydrogen) atoms. The Morgan fingerprint density at radius 1 is 1.43 bits per heavy atom. The molecule has 118 valence electrons. The van der Waals surface area contributed by atoms with Gasteiger partial charge in [0.15, 0.2) is 0 Å². The Hall–Kier alpha value is -0.210. The van der Waals surface area contributed by atoms with Crippen LogP contribution in [-0.2, 0) is 16.6 Å². The quantitative estimate of drug-likeness (QED) is 0.800. The van der Waals surface area contributed by atoms with Crippen LogP contribution in [0, 0.1) is 5.41 Å². The molecule has 0 saturated heterocycles. The summed E-state index contributed by atoms with van der Waals surface area (Å²) in [6.07, 6.45) is 2.78. The maximum atomic E-state index is 12.7. The molecular formula is C14H20BrNO3S2. The molecule has 1 aliphatic rings. The first kappa shape index (κ1) is 17.1. The lowest BCUT2D eigenvalue weighted by Gasteiger charge is -2.31. The molecule has 0 aliphatic carbocycles. The van der Waals surface area contributed by atoms with E-state index in [1.807, 2.05) is 6.08 Å². The molecule has 2 heterocycles. The van der Waals surface area contributed by atoms with Crippen molar-refractivity contribution in [3.05, 3.63) is 26.4 Å². The molecule has 0 fully saturated rings.